The smallest absolute Gasteiger partial charge is 0.277 e. The molecule has 6 nitrogen and oxygen atoms in total. The van der Waals surface area contributed by atoms with Gasteiger partial charge in [0.05, 0.1) is 11.9 Å². The molecule has 0 fully saturated rings. The van der Waals surface area contributed by atoms with Gasteiger partial charge in [0, 0.05) is 16.4 Å². The molecule has 3 rings (SSSR count). The molecule has 0 bridgehead atoms. The third-order valence-electron chi connectivity index (χ3n) is 3.48. The van der Waals surface area contributed by atoms with Crippen LogP contribution in [0.3, 0.4) is 0 Å². The number of halogens is 1. The fourth-order valence-electron chi connectivity index (χ4n) is 2.23. The first-order chi connectivity index (χ1) is 12.6. The van der Waals surface area contributed by atoms with Gasteiger partial charge in [-0.15, -0.1) is 0 Å². The van der Waals surface area contributed by atoms with Crippen LogP contribution in [0, 0.1) is 0 Å². The summed E-state index contributed by atoms with van der Waals surface area (Å²) in [4.78, 5) is 11.8. The molecule has 1 heterocycles. The van der Waals surface area contributed by atoms with Crippen molar-refractivity contribution >= 4 is 28.1 Å². The number of hydrazone groups is 1. The van der Waals surface area contributed by atoms with Crippen LogP contribution in [0.15, 0.2) is 76.4 Å². The summed E-state index contributed by atoms with van der Waals surface area (Å²) in [6.07, 6.45) is 3.41. The molecule has 26 heavy (non-hydrogen) atoms. The van der Waals surface area contributed by atoms with E-state index in [4.69, 9.17) is 4.74 Å². The number of ether oxygens (including phenoxy) is 1. The van der Waals surface area contributed by atoms with E-state index < -0.39 is 0 Å². The number of rotatable bonds is 6. The molecule has 1 aromatic heterocycles. The topological polar surface area (TPSA) is 75.8 Å². The van der Waals surface area contributed by atoms with Crippen LogP contribution in [-0.2, 0) is 4.79 Å². The van der Waals surface area contributed by atoms with Gasteiger partial charge in [-0.05, 0) is 60.7 Å². The number of carbonyl (C=O) groups excluding carboxylic acids is 1. The largest absolute Gasteiger partial charge is 0.508 e. The second-order valence-corrected chi connectivity index (χ2v) is 6.27. The Balaban J connectivity index is 1.55. The zero-order valence-electron chi connectivity index (χ0n) is 13.7. The first-order valence-corrected chi connectivity index (χ1v) is 8.58. The van der Waals surface area contributed by atoms with Crippen LogP contribution in [0.5, 0.6) is 11.5 Å². The van der Waals surface area contributed by atoms with Gasteiger partial charge in [0.25, 0.3) is 5.91 Å². The van der Waals surface area contributed by atoms with Crippen molar-refractivity contribution in [3.05, 3.63) is 77.0 Å². The van der Waals surface area contributed by atoms with E-state index in [0.717, 1.165) is 15.9 Å². The highest BCUT2D eigenvalue weighted by Gasteiger charge is 2.03. The molecule has 0 unspecified atom stereocenters. The van der Waals surface area contributed by atoms with Gasteiger partial charge in [0.15, 0.2) is 6.61 Å². The summed E-state index contributed by atoms with van der Waals surface area (Å²) < 4.78 is 8.20. The molecular weight excluding hydrogens is 398 g/mol. The third kappa shape index (κ3) is 4.73. The summed E-state index contributed by atoms with van der Waals surface area (Å²) in [5, 5.41) is 13.3. The highest BCUT2D eigenvalue weighted by Crippen LogP contribution is 2.16. The van der Waals surface area contributed by atoms with Gasteiger partial charge in [-0.3, -0.25) is 4.79 Å². The number of amides is 1. The first kappa shape index (κ1) is 17.8. The second kappa shape index (κ2) is 8.35. The average Bonchev–Trinajstić information content (AvgIpc) is 3.10. The summed E-state index contributed by atoms with van der Waals surface area (Å²) in [5.74, 6) is 0.453. The van der Waals surface area contributed by atoms with Crippen LogP contribution >= 0.6 is 15.9 Å². The molecule has 0 aliphatic rings. The summed E-state index contributed by atoms with van der Waals surface area (Å²) in [6, 6.07) is 17.7. The highest BCUT2D eigenvalue weighted by atomic mass is 79.9. The van der Waals surface area contributed by atoms with E-state index in [1.807, 2.05) is 35.0 Å². The van der Waals surface area contributed by atoms with Gasteiger partial charge >= 0.3 is 0 Å². The van der Waals surface area contributed by atoms with Crippen molar-refractivity contribution in [1.29, 1.82) is 0 Å². The van der Waals surface area contributed by atoms with Crippen molar-refractivity contribution in [3.63, 3.8) is 0 Å². The number of nitrogens with one attached hydrogen (secondary N) is 1. The SMILES string of the molecule is O=C(COc1ccc(Br)cc1)N/N=C\c1cccn1-c1ccc(O)cc1. The van der Waals surface area contributed by atoms with E-state index in [2.05, 4.69) is 26.5 Å². The lowest BCUT2D eigenvalue weighted by atomic mass is 10.3. The van der Waals surface area contributed by atoms with Gasteiger partial charge in [-0.25, -0.2) is 5.43 Å². The van der Waals surface area contributed by atoms with Gasteiger partial charge in [0.1, 0.15) is 11.5 Å². The minimum absolute atomic E-state index is 0.127. The highest BCUT2D eigenvalue weighted by molar-refractivity contribution is 9.10. The van der Waals surface area contributed by atoms with Crippen LogP contribution in [0.25, 0.3) is 5.69 Å². The predicted molar refractivity (Wildman–Crippen MR) is 103 cm³/mol. The average molecular weight is 414 g/mol. The van der Waals surface area contributed by atoms with Crippen molar-refractivity contribution in [3.8, 4) is 17.2 Å². The molecule has 1 amide bonds. The number of aromatic nitrogens is 1. The van der Waals surface area contributed by atoms with Gasteiger partial charge in [0.2, 0.25) is 0 Å². The van der Waals surface area contributed by atoms with Crippen molar-refractivity contribution in [2.24, 2.45) is 5.10 Å². The Kier molecular flexibility index (Phi) is 5.70. The maximum absolute atomic E-state index is 11.8. The van der Waals surface area contributed by atoms with E-state index in [0.29, 0.717) is 5.75 Å². The quantitative estimate of drug-likeness (QED) is 0.479. The number of aromatic hydroxyl groups is 1. The van der Waals surface area contributed by atoms with Gasteiger partial charge < -0.3 is 14.4 Å². The molecule has 0 radical (unpaired) electrons. The van der Waals surface area contributed by atoms with Gasteiger partial charge in [-0.2, -0.15) is 5.10 Å². The molecule has 0 saturated heterocycles. The molecule has 132 valence electrons. The maximum atomic E-state index is 11.8. The van der Waals surface area contributed by atoms with Crippen LogP contribution in [0.1, 0.15) is 5.69 Å². The van der Waals surface area contributed by atoms with Crippen molar-refractivity contribution in [2.75, 3.05) is 6.61 Å². The zero-order valence-corrected chi connectivity index (χ0v) is 15.3. The Morgan fingerprint density at radius 1 is 1.15 bits per heavy atom. The Bertz CT molecular complexity index is 903. The molecule has 0 atom stereocenters. The molecule has 2 N–H and O–H groups in total. The monoisotopic (exact) mass is 413 g/mol. The molecule has 0 spiro atoms. The zero-order chi connectivity index (χ0) is 18.4. The molecule has 7 heteroatoms. The van der Waals surface area contributed by atoms with Crippen LogP contribution in [-0.4, -0.2) is 28.4 Å². The molecule has 0 aliphatic carbocycles. The van der Waals surface area contributed by atoms with E-state index in [9.17, 15) is 9.90 Å². The van der Waals surface area contributed by atoms with Crippen LogP contribution in [0.4, 0.5) is 0 Å². The minimum atomic E-state index is -0.355. The van der Waals surface area contributed by atoms with Crippen molar-refractivity contribution in [1.82, 2.24) is 9.99 Å². The number of carbonyl (C=O) groups is 1. The summed E-state index contributed by atoms with van der Waals surface area (Å²) in [7, 11) is 0. The number of benzene rings is 2. The number of phenolic OH excluding ortho intramolecular Hbond substituents is 1. The van der Waals surface area contributed by atoms with Crippen LogP contribution < -0.4 is 10.2 Å². The lowest BCUT2D eigenvalue weighted by Crippen LogP contribution is -2.24. The Hall–Kier alpha value is -3.06. The fourth-order valence-corrected chi connectivity index (χ4v) is 2.49. The number of hydrogen-bond donors (Lipinski definition) is 2. The van der Waals surface area contributed by atoms with E-state index in [1.54, 1.807) is 42.6 Å². The van der Waals surface area contributed by atoms with E-state index >= 15 is 0 Å². The number of hydrogen-bond acceptors (Lipinski definition) is 4. The van der Waals surface area contributed by atoms with Crippen molar-refractivity contribution in [2.45, 2.75) is 0 Å². The van der Waals surface area contributed by atoms with Crippen LogP contribution in [0.2, 0.25) is 0 Å². The lowest BCUT2D eigenvalue weighted by Gasteiger charge is -2.07. The lowest BCUT2D eigenvalue weighted by molar-refractivity contribution is -0.123. The number of nitrogens with zero attached hydrogens (tertiary/aromatic N) is 2. The van der Waals surface area contributed by atoms with Crippen molar-refractivity contribution < 1.29 is 14.6 Å². The Morgan fingerprint density at radius 3 is 2.62 bits per heavy atom. The Labute approximate surface area is 158 Å². The summed E-state index contributed by atoms with van der Waals surface area (Å²) >= 11 is 3.34. The third-order valence-corrected chi connectivity index (χ3v) is 4.01. The standard InChI is InChI=1S/C19H16BrN3O3/c20-14-3-9-18(10-4-14)26-13-19(25)22-21-12-16-2-1-11-23(16)15-5-7-17(24)8-6-15/h1-12,24H,13H2,(H,22,25)/b21-12-. The summed E-state index contributed by atoms with van der Waals surface area (Å²) in [5.41, 5.74) is 4.09. The first-order valence-electron chi connectivity index (χ1n) is 7.79. The fraction of sp³-hybridized carbons (Fsp3) is 0.0526. The van der Waals surface area contributed by atoms with Gasteiger partial charge in [-0.1, -0.05) is 15.9 Å². The molecular formula is C19H16BrN3O3. The maximum Gasteiger partial charge on any atom is 0.277 e. The van der Waals surface area contributed by atoms with E-state index in [1.165, 1.54) is 0 Å². The molecule has 3 aromatic rings. The Morgan fingerprint density at radius 2 is 1.88 bits per heavy atom. The molecule has 2 aromatic carbocycles. The normalized spacial score (nSPS) is 10.8. The molecule has 0 saturated carbocycles. The predicted octanol–water partition coefficient (Wildman–Crippen LogP) is 3.47. The van der Waals surface area contributed by atoms with E-state index in [-0.39, 0.29) is 18.3 Å². The second-order valence-electron chi connectivity index (χ2n) is 5.36. The molecule has 0 aliphatic heterocycles. The number of phenols is 1. The minimum Gasteiger partial charge on any atom is -0.508 e. The summed E-state index contributed by atoms with van der Waals surface area (Å²) in [6.45, 7) is -0.127.